The molecule has 0 saturated heterocycles. The highest BCUT2D eigenvalue weighted by atomic mass is 16.6. The lowest BCUT2D eigenvalue weighted by Crippen LogP contribution is -2.41. The van der Waals surface area contributed by atoms with E-state index in [1.165, 1.54) is 0 Å². The molecule has 6 nitrogen and oxygen atoms in total. The van der Waals surface area contributed by atoms with Gasteiger partial charge in [-0.25, -0.2) is 5.43 Å². The van der Waals surface area contributed by atoms with Gasteiger partial charge in [-0.05, 0) is 19.1 Å². The number of hydrogen-bond acceptors (Lipinski definition) is 5. The molecule has 2 aromatic rings. The molecule has 0 fully saturated rings. The molecule has 0 saturated carbocycles. The Morgan fingerprint density at radius 3 is 2.61 bits per heavy atom. The van der Waals surface area contributed by atoms with E-state index in [4.69, 9.17) is 10.2 Å². The van der Waals surface area contributed by atoms with Crippen LogP contribution in [0.5, 0.6) is 0 Å². The third-order valence-corrected chi connectivity index (χ3v) is 3.26. The second-order valence-electron chi connectivity index (χ2n) is 4.98. The predicted molar refractivity (Wildman–Crippen MR) is 91.3 cm³/mol. The van der Waals surface area contributed by atoms with Crippen molar-refractivity contribution >= 4 is 11.5 Å². The van der Waals surface area contributed by atoms with Crippen molar-refractivity contribution in [2.45, 2.75) is 13.5 Å². The summed E-state index contributed by atoms with van der Waals surface area (Å²) in [5.41, 5.74) is 5.89. The van der Waals surface area contributed by atoms with Gasteiger partial charge >= 0.3 is 0 Å². The van der Waals surface area contributed by atoms with Crippen molar-refractivity contribution in [3.05, 3.63) is 65.5 Å². The Balaban J connectivity index is 2.18. The number of nitrogens with one attached hydrogen (secondary N) is 2. The van der Waals surface area contributed by atoms with E-state index in [0.29, 0.717) is 5.71 Å². The Bertz CT molecular complexity index is 684. The molecule has 0 spiro atoms. The molecule has 0 aliphatic carbocycles. The van der Waals surface area contributed by atoms with E-state index >= 15 is 0 Å². The van der Waals surface area contributed by atoms with E-state index < -0.39 is 0 Å². The second kappa shape index (κ2) is 8.05. The Labute approximate surface area is 136 Å². The summed E-state index contributed by atoms with van der Waals surface area (Å²) in [6.45, 7) is 2.19. The van der Waals surface area contributed by atoms with Crippen LogP contribution in [-0.4, -0.2) is 35.6 Å². The molecule has 0 aliphatic heterocycles. The molecule has 0 atom stereocenters. The van der Waals surface area contributed by atoms with E-state index in [1.54, 1.807) is 19.1 Å². The van der Waals surface area contributed by atoms with Crippen molar-refractivity contribution in [2.24, 2.45) is 5.16 Å². The maximum atomic E-state index is 8.24. The van der Waals surface area contributed by atoms with Crippen LogP contribution >= 0.6 is 0 Å². The van der Waals surface area contributed by atoms with E-state index in [0.717, 1.165) is 17.0 Å². The molecule has 0 amide bonds. The summed E-state index contributed by atoms with van der Waals surface area (Å²) in [5.74, 6) is 0.218. The number of aryl methyl sites for hydroxylation is 1. The number of likely N-dealkylation sites (N-methyl/N-ethyl adjacent to an activating group) is 1. The Kier molecular flexibility index (Phi) is 5.82. The summed E-state index contributed by atoms with van der Waals surface area (Å²) in [6, 6.07) is 15.3. The monoisotopic (exact) mass is 311 g/mol. The van der Waals surface area contributed by atoms with Crippen LogP contribution < -0.4 is 5.43 Å². The molecule has 1 heterocycles. The third-order valence-electron chi connectivity index (χ3n) is 3.26. The highest BCUT2D eigenvalue weighted by Crippen LogP contribution is 2.06. The smallest absolute Gasteiger partial charge is 0.165 e. The van der Waals surface area contributed by atoms with Crippen molar-refractivity contribution in [3.8, 4) is 0 Å². The van der Waals surface area contributed by atoms with Crippen molar-refractivity contribution in [1.29, 1.82) is 5.41 Å². The number of pyridine rings is 1. The van der Waals surface area contributed by atoms with Crippen LogP contribution in [0.4, 0.5) is 0 Å². The lowest BCUT2D eigenvalue weighted by atomic mass is 10.1. The molecule has 120 valence electrons. The summed E-state index contributed by atoms with van der Waals surface area (Å²) in [4.78, 5) is 9.81. The summed E-state index contributed by atoms with van der Waals surface area (Å²) in [7, 11) is 3.50. The van der Waals surface area contributed by atoms with Crippen LogP contribution in [0.25, 0.3) is 0 Å². The second-order valence-corrected chi connectivity index (χ2v) is 4.98. The van der Waals surface area contributed by atoms with Gasteiger partial charge in [0.05, 0.1) is 5.69 Å². The molecule has 0 bridgehead atoms. The summed E-state index contributed by atoms with van der Waals surface area (Å²) < 4.78 is 0. The minimum atomic E-state index is 0.218. The lowest BCUT2D eigenvalue weighted by molar-refractivity contribution is 0.128. The van der Waals surface area contributed by atoms with Crippen LogP contribution in [0, 0.1) is 12.3 Å². The summed E-state index contributed by atoms with van der Waals surface area (Å²) in [5, 5.41) is 14.0. The Hall–Kier alpha value is -2.73. The third kappa shape index (κ3) is 4.62. The number of hydrogen-bond donors (Lipinski definition) is 2. The number of oxime groups is 1. The van der Waals surface area contributed by atoms with Crippen molar-refractivity contribution in [3.63, 3.8) is 0 Å². The van der Waals surface area contributed by atoms with Gasteiger partial charge < -0.3 is 4.84 Å². The normalized spacial score (nSPS) is 11.2. The fourth-order valence-electron chi connectivity index (χ4n) is 1.94. The minimum absolute atomic E-state index is 0.218. The molecule has 23 heavy (non-hydrogen) atoms. The van der Waals surface area contributed by atoms with Crippen LogP contribution in [0.1, 0.15) is 17.0 Å². The maximum Gasteiger partial charge on any atom is 0.165 e. The molecule has 1 aromatic heterocycles. The van der Waals surface area contributed by atoms with Gasteiger partial charge in [0.15, 0.2) is 18.2 Å². The van der Waals surface area contributed by atoms with Gasteiger partial charge in [-0.2, -0.15) is 0 Å². The predicted octanol–water partition coefficient (Wildman–Crippen LogP) is 2.35. The molecule has 2 N–H and O–H groups in total. The van der Waals surface area contributed by atoms with Gasteiger partial charge in [0.25, 0.3) is 0 Å². The number of aromatic nitrogens is 1. The van der Waals surface area contributed by atoms with Gasteiger partial charge in [0.2, 0.25) is 0 Å². The molecule has 0 unspecified atom stereocenters. The summed E-state index contributed by atoms with van der Waals surface area (Å²) in [6.07, 6.45) is 0. The van der Waals surface area contributed by atoms with Crippen molar-refractivity contribution < 1.29 is 4.84 Å². The molecule has 2 rings (SSSR count). The molecule has 0 aliphatic rings. The highest BCUT2D eigenvalue weighted by Gasteiger charge is 2.14. The van der Waals surface area contributed by atoms with E-state index in [-0.39, 0.29) is 12.4 Å². The van der Waals surface area contributed by atoms with Crippen LogP contribution in [0.2, 0.25) is 0 Å². The molecule has 0 radical (unpaired) electrons. The van der Waals surface area contributed by atoms with E-state index in [1.807, 2.05) is 55.5 Å². The van der Waals surface area contributed by atoms with Gasteiger partial charge in [0.1, 0.15) is 0 Å². The van der Waals surface area contributed by atoms with Crippen LogP contribution in [0.3, 0.4) is 0 Å². The fraction of sp³-hybridized carbons (Fsp3) is 0.235. The zero-order valence-electron chi connectivity index (χ0n) is 13.6. The zero-order chi connectivity index (χ0) is 16.7. The average molecular weight is 311 g/mol. The average Bonchev–Trinajstić information content (AvgIpc) is 2.58. The van der Waals surface area contributed by atoms with E-state index in [9.17, 15) is 0 Å². The number of hydrazine groups is 1. The molecule has 1 aromatic carbocycles. The quantitative estimate of drug-likeness (QED) is 0.488. The van der Waals surface area contributed by atoms with E-state index in [2.05, 4.69) is 15.6 Å². The largest absolute Gasteiger partial charge is 0.389 e. The number of nitrogens with zero attached hydrogens (tertiary/aromatic N) is 3. The summed E-state index contributed by atoms with van der Waals surface area (Å²) >= 11 is 0. The first-order valence-electron chi connectivity index (χ1n) is 7.29. The number of rotatable bonds is 6. The highest BCUT2D eigenvalue weighted by molar-refractivity contribution is 6.46. The Morgan fingerprint density at radius 1 is 1.22 bits per heavy atom. The van der Waals surface area contributed by atoms with Crippen molar-refractivity contribution in [2.75, 3.05) is 14.1 Å². The fourth-order valence-corrected chi connectivity index (χ4v) is 1.94. The minimum Gasteiger partial charge on any atom is -0.389 e. The number of amidine groups is 1. The Morgan fingerprint density at radius 2 is 1.96 bits per heavy atom. The molecular weight excluding hydrogens is 290 g/mol. The van der Waals surface area contributed by atoms with Crippen molar-refractivity contribution in [1.82, 2.24) is 15.4 Å². The van der Waals surface area contributed by atoms with Gasteiger partial charge in [-0.15, -0.1) is 0 Å². The maximum absolute atomic E-state index is 8.24. The SMILES string of the molecule is CNN(C)C(=N)/C(=N\OCc1cccc(C)n1)c1ccccc1. The van der Waals surface area contributed by atoms with Crippen LogP contribution in [-0.2, 0) is 11.4 Å². The number of benzene rings is 1. The topological polar surface area (TPSA) is 73.6 Å². The van der Waals surface area contributed by atoms with Gasteiger partial charge in [-0.1, -0.05) is 41.6 Å². The first-order chi connectivity index (χ1) is 11.1. The zero-order valence-corrected chi connectivity index (χ0v) is 13.6. The van der Waals surface area contributed by atoms with Gasteiger partial charge in [0, 0.05) is 25.4 Å². The standard InChI is InChI=1S/C17H21N5O/c1-13-8-7-11-15(20-13)12-23-21-16(17(18)22(3)19-2)14-9-5-4-6-10-14/h4-11,18-19H,12H2,1-3H3/b18-17?,21-16-. The molecular formula is C17H21N5O. The molecule has 6 heteroatoms. The van der Waals surface area contributed by atoms with Gasteiger partial charge in [-0.3, -0.25) is 15.4 Å². The first kappa shape index (κ1) is 16.6. The lowest BCUT2D eigenvalue weighted by Gasteiger charge is -2.19. The first-order valence-corrected chi connectivity index (χ1v) is 7.29. The van der Waals surface area contributed by atoms with Crippen LogP contribution in [0.15, 0.2) is 53.7 Å².